The molecule has 0 aliphatic rings. The Labute approximate surface area is 124 Å². The molecule has 0 saturated heterocycles. The van der Waals surface area contributed by atoms with Gasteiger partial charge in [0.25, 0.3) is 0 Å². The van der Waals surface area contributed by atoms with Crippen LogP contribution in [0.15, 0.2) is 18.2 Å². The van der Waals surface area contributed by atoms with Crippen molar-refractivity contribution in [3.8, 4) is 11.5 Å². The minimum atomic E-state index is 0.253. The third-order valence-corrected chi connectivity index (χ3v) is 2.66. The van der Waals surface area contributed by atoms with Gasteiger partial charge in [-0.3, -0.25) is 0 Å². The molecule has 0 radical (unpaired) electrons. The van der Waals surface area contributed by atoms with Crippen molar-refractivity contribution in [1.29, 1.82) is 0 Å². The van der Waals surface area contributed by atoms with Crippen LogP contribution in [-0.4, -0.2) is 26.0 Å². The van der Waals surface area contributed by atoms with E-state index in [4.69, 9.17) is 11.6 Å². The van der Waals surface area contributed by atoms with Crippen LogP contribution in [-0.2, 0) is 0 Å². The van der Waals surface area contributed by atoms with E-state index in [1.54, 1.807) is 6.07 Å². The number of halogens is 2. The standard InChI is InChI=1S/C11H11ClIN5/c1-6(2)14-11-17-9(16-10(13)18-11)7-4-3-5-8(12)15-7/h3-6H,1-2H3,(H,14,16,17,18). The van der Waals surface area contributed by atoms with E-state index in [-0.39, 0.29) is 6.04 Å². The molecule has 0 atom stereocenters. The minimum absolute atomic E-state index is 0.253. The van der Waals surface area contributed by atoms with Crippen LogP contribution in [0.2, 0.25) is 5.15 Å². The van der Waals surface area contributed by atoms with Crippen molar-refractivity contribution in [2.45, 2.75) is 19.9 Å². The van der Waals surface area contributed by atoms with Gasteiger partial charge in [-0.25, -0.2) is 9.97 Å². The molecule has 0 aromatic carbocycles. The highest BCUT2D eigenvalue weighted by Crippen LogP contribution is 2.17. The van der Waals surface area contributed by atoms with E-state index in [2.05, 4.69) is 47.8 Å². The lowest BCUT2D eigenvalue weighted by molar-refractivity contribution is 0.861. The predicted molar refractivity (Wildman–Crippen MR) is 79.5 cm³/mol. The Morgan fingerprint density at radius 3 is 2.61 bits per heavy atom. The maximum atomic E-state index is 5.86. The lowest BCUT2D eigenvalue weighted by Crippen LogP contribution is -2.14. The summed E-state index contributed by atoms with van der Waals surface area (Å²) >= 11 is 7.91. The minimum Gasteiger partial charge on any atom is -0.352 e. The zero-order valence-corrected chi connectivity index (χ0v) is 12.8. The molecule has 2 heterocycles. The average Bonchev–Trinajstić information content (AvgIpc) is 2.27. The third-order valence-electron chi connectivity index (χ3n) is 1.97. The second-order valence-corrected chi connectivity index (χ2v) is 5.25. The summed E-state index contributed by atoms with van der Waals surface area (Å²) in [6, 6.07) is 5.60. The first-order valence-electron chi connectivity index (χ1n) is 5.35. The number of hydrogen-bond donors (Lipinski definition) is 1. The molecule has 0 bridgehead atoms. The molecule has 2 aromatic rings. The molecule has 0 fully saturated rings. The van der Waals surface area contributed by atoms with Gasteiger partial charge >= 0.3 is 0 Å². The second kappa shape index (κ2) is 5.75. The fraction of sp³-hybridized carbons (Fsp3) is 0.273. The normalized spacial score (nSPS) is 10.7. The lowest BCUT2D eigenvalue weighted by atomic mass is 10.3. The van der Waals surface area contributed by atoms with Gasteiger partial charge in [0, 0.05) is 28.6 Å². The Hall–Kier alpha value is -1.02. The molecule has 2 aromatic heterocycles. The van der Waals surface area contributed by atoms with Crippen LogP contribution in [0, 0.1) is 3.83 Å². The molecular weight excluding hydrogens is 365 g/mol. The molecule has 5 nitrogen and oxygen atoms in total. The average molecular weight is 376 g/mol. The first-order chi connectivity index (χ1) is 8.54. The second-order valence-electron chi connectivity index (χ2n) is 3.90. The van der Waals surface area contributed by atoms with Crippen LogP contribution >= 0.6 is 34.2 Å². The number of nitrogens with zero attached hydrogens (tertiary/aromatic N) is 4. The number of anilines is 1. The van der Waals surface area contributed by atoms with Crippen molar-refractivity contribution < 1.29 is 0 Å². The van der Waals surface area contributed by atoms with Gasteiger partial charge in [0.1, 0.15) is 10.8 Å². The van der Waals surface area contributed by atoms with Crippen molar-refractivity contribution >= 4 is 40.1 Å². The molecule has 0 saturated carbocycles. The molecule has 0 unspecified atom stereocenters. The van der Waals surface area contributed by atoms with Crippen LogP contribution in [0.3, 0.4) is 0 Å². The molecule has 94 valence electrons. The molecule has 1 N–H and O–H groups in total. The fourth-order valence-corrected chi connectivity index (χ4v) is 1.94. The Morgan fingerprint density at radius 2 is 1.94 bits per heavy atom. The fourth-order valence-electron chi connectivity index (χ4n) is 1.32. The van der Waals surface area contributed by atoms with E-state index < -0.39 is 0 Å². The Bertz CT molecular complexity index is 561. The van der Waals surface area contributed by atoms with Crippen LogP contribution in [0.25, 0.3) is 11.5 Å². The van der Waals surface area contributed by atoms with E-state index >= 15 is 0 Å². The first kappa shape index (κ1) is 13.4. The van der Waals surface area contributed by atoms with Gasteiger partial charge < -0.3 is 5.32 Å². The maximum absolute atomic E-state index is 5.86. The third kappa shape index (κ3) is 3.49. The van der Waals surface area contributed by atoms with Crippen molar-refractivity contribution in [3.05, 3.63) is 27.2 Å². The Morgan fingerprint density at radius 1 is 1.17 bits per heavy atom. The molecule has 2 rings (SSSR count). The van der Waals surface area contributed by atoms with Gasteiger partial charge in [0.2, 0.25) is 5.95 Å². The van der Waals surface area contributed by atoms with Crippen LogP contribution in [0.4, 0.5) is 5.95 Å². The summed E-state index contributed by atoms with van der Waals surface area (Å²) in [7, 11) is 0. The van der Waals surface area contributed by atoms with Crippen molar-refractivity contribution in [2.75, 3.05) is 5.32 Å². The number of aromatic nitrogens is 4. The van der Waals surface area contributed by atoms with Gasteiger partial charge in [-0.15, -0.1) is 0 Å². The number of nitrogens with one attached hydrogen (secondary N) is 1. The summed E-state index contributed by atoms with van der Waals surface area (Å²) in [6.45, 7) is 4.04. The van der Waals surface area contributed by atoms with Gasteiger partial charge in [0.15, 0.2) is 9.66 Å². The highest BCUT2D eigenvalue weighted by atomic mass is 127. The summed E-state index contributed by atoms with van der Waals surface area (Å²) in [5, 5.41) is 3.56. The SMILES string of the molecule is CC(C)Nc1nc(I)nc(-c2cccc(Cl)n2)n1. The van der Waals surface area contributed by atoms with Crippen LogP contribution < -0.4 is 5.32 Å². The molecule has 0 aliphatic carbocycles. The summed E-state index contributed by atoms with van der Waals surface area (Å²) in [5.74, 6) is 1.06. The lowest BCUT2D eigenvalue weighted by Gasteiger charge is -2.09. The molecule has 0 spiro atoms. The predicted octanol–water partition coefficient (Wildman–Crippen LogP) is 3.01. The van der Waals surface area contributed by atoms with Gasteiger partial charge in [-0.1, -0.05) is 17.7 Å². The largest absolute Gasteiger partial charge is 0.352 e. The summed E-state index contributed by atoms with van der Waals surface area (Å²) in [6.07, 6.45) is 0. The zero-order chi connectivity index (χ0) is 13.1. The van der Waals surface area contributed by atoms with Gasteiger partial charge in [0.05, 0.1) is 0 Å². The smallest absolute Gasteiger partial charge is 0.227 e. The van der Waals surface area contributed by atoms with Crippen LogP contribution in [0.1, 0.15) is 13.8 Å². The highest BCUT2D eigenvalue weighted by Gasteiger charge is 2.09. The van der Waals surface area contributed by atoms with E-state index in [0.29, 0.717) is 26.5 Å². The van der Waals surface area contributed by atoms with E-state index in [9.17, 15) is 0 Å². The molecule has 18 heavy (non-hydrogen) atoms. The van der Waals surface area contributed by atoms with Crippen LogP contribution in [0.5, 0.6) is 0 Å². The highest BCUT2D eigenvalue weighted by molar-refractivity contribution is 14.1. The van der Waals surface area contributed by atoms with Crippen molar-refractivity contribution in [2.24, 2.45) is 0 Å². The monoisotopic (exact) mass is 375 g/mol. The zero-order valence-electron chi connectivity index (χ0n) is 9.85. The molecule has 7 heteroatoms. The summed E-state index contributed by atoms with van der Waals surface area (Å²) in [4.78, 5) is 17.0. The molecule has 0 amide bonds. The van der Waals surface area contributed by atoms with Crippen molar-refractivity contribution in [3.63, 3.8) is 0 Å². The van der Waals surface area contributed by atoms with Gasteiger partial charge in [-0.05, 0) is 26.0 Å². The number of hydrogen-bond acceptors (Lipinski definition) is 5. The first-order valence-corrected chi connectivity index (χ1v) is 6.81. The summed E-state index contributed by atoms with van der Waals surface area (Å²) in [5.41, 5.74) is 0.634. The van der Waals surface area contributed by atoms with E-state index in [1.165, 1.54) is 0 Å². The molecule has 0 aliphatic heterocycles. The Balaban J connectivity index is 2.41. The quantitative estimate of drug-likeness (QED) is 0.660. The number of rotatable bonds is 3. The summed E-state index contributed by atoms with van der Waals surface area (Å²) < 4.78 is 0.613. The Kier molecular flexibility index (Phi) is 4.28. The number of pyridine rings is 1. The topological polar surface area (TPSA) is 63.6 Å². The molecular formula is C11H11ClIN5. The van der Waals surface area contributed by atoms with Gasteiger partial charge in [-0.2, -0.15) is 9.97 Å². The van der Waals surface area contributed by atoms with E-state index in [1.807, 2.05) is 26.0 Å². The maximum Gasteiger partial charge on any atom is 0.227 e. The van der Waals surface area contributed by atoms with Crippen molar-refractivity contribution in [1.82, 2.24) is 19.9 Å². The van der Waals surface area contributed by atoms with E-state index in [0.717, 1.165) is 0 Å².